The average Bonchev–Trinajstić information content (AvgIpc) is 2.70. The molecule has 0 aromatic heterocycles. The number of esters is 1. The predicted octanol–water partition coefficient (Wildman–Crippen LogP) is 1.85. The fourth-order valence-corrected chi connectivity index (χ4v) is 5.03. The highest BCUT2D eigenvalue weighted by Gasteiger charge is 2.70. The van der Waals surface area contributed by atoms with Gasteiger partial charge in [-0.3, -0.25) is 9.59 Å². The van der Waals surface area contributed by atoms with E-state index < -0.39 is 35.5 Å². The number of carbonyl (C=O) groups excluding carboxylic acids is 1. The largest absolute Gasteiger partial charge is 0.481 e. The third-order valence-corrected chi connectivity index (χ3v) is 6.18. The molecule has 1 N–H and O–H groups in total. The van der Waals surface area contributed by atoms with Gasteiger partial charge in [0.05, 0.1) is 12.3 Å². The van der Waals surface area contributed by atoms with Crippen LogP contribution in [-0.2, 0) is 28.8 Å². The van der Waals surface area contributed by atoms with Gasteiger partial charge in [0, 0.05) is 18.3 Å². The standard InChI is InChI=1S/C16H22O7/c1-8-3-4-11-9(7-12(17)18)13(19)20-14-16(11)10(8)5-6-15(2,21-14)22-23-16/h8-11,14H,3-7H2,1-2H3,(H,17,18)/t8-,9-,10+,11?,14?,15?,16?/m1/s1. The Morgan fingerprint density at radius 3 is 2.78 bits per heavy atom. The van der Waals surface area contributed by atoms with Crippen molar-refractivity contribution in [1.82, 2.24) is 0 Å². The molecule has 128 valence electrons. The summed E-state index contributed by atoms with van der Waals surface area (Å²) in [6, 6.07) is 0. The Bertz CT molecular complexity index is 549. The molecule has 0 aromatic carbocycles. The molecule has 5 rings (SSSR count). The fourth-order valence-electron chi connectivity index (χ4n) is 5.03. The molecule has 2 bridgehead atoms. The van der Waals surface area contributed by atoms with Gasteiger partial charge >= 0.3 is 11.9 Å². The summed E-state index contributed by atoms with van der Waals surface area (Å²) >= 11 is 0. The molecule has 1 aliphatic carbocycles. The molecule has 7 heteroatoms. The van der Waals surface area contributed by atoms with Crippen LogP contribution >= 0.6 is 0 Å². The van der Waals surface area contributed by atoms with Gasteiger partial charge in [-0.25, -0.2) is 9.78 Å². The Morgan fingerprint density at radius 1 is 1.26 bits per heavy atom. The van der Waals surface area contributed by atoms with E-state index in [1.807, 2.05) is 0 Å². The van der Waals surface area contributed by atoms with E-state index in [2.05, 4.69) is 6.92 Å². The number of hydrogen-bond donors (Lipinski definition) is 1. The maximum atomic E-state index is 12.4. The summed E-state index contributed by atoms with van der Waals surface area (Å²) in [6.07, 6.45) is 2.09. The number of hydrogen-bond acceptors (Lipinski definition) is 6. The lowest BCUT2D eigenvalue weighted by molar-refractivity contribution is -0.559. The van der Waals surface area contributed by atoms with Gasteiger partial charge < -0.3 is 14.6 Å². The van der Waals surface area contributed by atoms with Crippen molar-refractivity contribution in [2.24, 2.45) is 23.7 Å². The summed E-state index contributed by atoms with van der Waals surface area (Å²) < 4.78 is 11.5. The van der Waals surface area contributed by atoms with E-state index >= 15 is 0 Å². The number of rotatable bonds is 2. The smallest absolute Gasteiger partial charge is 0.312 e. The molecule has 4 heterocycles. The van der Waals surface area contributed by atoms with E-state index in [0.717, 1.165) is 12.8 Å². The number of carbonyl (C=O) groups is 2. The molecule has 7 nitrogen and oxygen atoms in total. The molecule has 4 unspecified atom stereocenters. The zero-order chi connectivity index (χ0) is 16.4. The van der Waals surface area contributed by atoms with E-state index in [9.17, 15) is 14.7 Å². The Kier molecular flexibility index (Phi) is 3.28. The highest BCUT2D eigenvalue weighted by molar-refractivity contribution is 5.80. The van der Waals surface area contributed by atoms with Crippen LogP contribution in [0.5, 0.6) is 0 Å². The van der Waals surface area contributed by atoms with E-state index in [0.29, 0.717) is 18.8 Å². The van der Waals surface area contributed by atoms with Gasteiger partial charge in [0.1, 0.15) is 0 Å². The van der Waals surface area contributed by atoms with Gasteiger partial charge in [-0.05, 0) is 32.1 Å². The summed E-state index contributed by atoms with van der Waals surface area (Å²) in [5.74, 6) is -2.89. The first-order chi connectivity index (χ1) is 10.9. The monoisotopic (exact) mass is 326 g/mol. The number of aliphatic carboxylic acids is 1. The minimum Gasteiger partial charge on any atom is -0.481 e. The summed E-state index contributed by atoms with van der Waals surface area (Å²) in [7, 11) is 0. The molecule has 0 radical (unpaired) electrons. The molecule has 7 atom stereocenters. The van der Waals surface area contributed by atoms with E-state index in [1.54, 1.807) is 6.92 Å². The van der Waals surface area contributed by atoms with Gasteiger partial charge in [-0.1, -0.05) is 6.92 Å². The zero-order valence-corrected chi connectivity index (χ0v) is 13.3. The lowest BCUT2D eigenvalue weighted by atomic mass is 9.57. The maximum Gasteiger partial charge on any atom is 0.312 e. The van der Waals surface area contributed by atoms with Gasteiger partial charge in [-0.2, -0.15) is 0 Å². The third-order valence-electron chi connectivity index (χ3n) is 6.18. The van der Waals surface area contributed by atoms with E-state index in [-0.39, 0.29) is 18.3 Å². The van der Waals surface area contributed by atoms with Crippen LogP contribution in [0.1, 0.15) is 46.0 Å². The lowest BCUT2D eigenvalue weighted by Gasteiger charge is -2.58. The maximum absolute atomic E-state index is 12.4. The number of fused-ring (bicyclic) bond motifs is 2. The second-order valence-corrected chi connectivity index (χ2v) is 7.55. The number of carboxylic acids is 1. The highest BCUT2D eigenvalue weighted by atomic mass is 17.3. The van der Waals surface area contributed by atoms with Crippen molar-refractivity contribution in [3.05, 3.63) is 0 Å². The lowest BCUT2D eigenvalue weighted by Crippen LogP contribution is -2.70. The third kappa shape index (κ3) is 2.06. The summed E-state index contributed by atoms with van der Waals surface area (Å²) in [5.41, 5.74) is -0.887. The first kappa shape index (κ1) is 15.4. The summed E-state index contributed by atoms with van der Waals surface area (Å²) in [5, 5.41) is 9.18. The molecule has 1 saturated carbocycles. The van der Waals surface area contributed by atoms with Crippen molar-refractivity contribution < 1.29 is 33.9 Å². The van der Waals surface area contributed by atoms with Gasteiger partial charge in [0.2, 0.25) is 12.1 Å². The first-order valence-corrected chi connectivity index (χ1v) is 8.33. The van der Waals surface area contributed by atoms with Crippen molar-refractivity contribution >= 4 is 11.9 Å². The molecular weight excluding hydrogens is 304 g/mol. The van der Waals surface area contributed by atoms with Crippen LogP contribution in [0.15, 0.2) is 0 Å². The topological polar surface area (TPSA) is 91.3 Å². The van der Waals surface area contributed by atoms with Crippen molar-refractivity contribution in [3.63, 3.8) is 0 Å². The SMILES string of the molecule is C[C@@H]1CCC2[C@@H](CC(=O)O)C(=O)OC3OC4(C)CC[C@@H]1C32OO4. The molecule has 4 aliphatic heterocycles. The van der Waals surface area contributed by atoms with Crippen molar-refractivity contribution in [2.75, 3.05) is 0 Å². The van der Waals surface area contributed by atoms with Crippen LogP contribution in [0.25, 0.3) is 0 Å². The second-order valence-electron chi connectivity index (χ2n) is 7.55. The average molecular weight is 326 g/mol. The zero-order valence-electron chi connectivity index (χ0n) is 13.3. The van der Waals surface area contributed by atoms with Crippen LogP contribution in [0.2, 0.25) is 0 Å². The molecule has 5 fully saturated rings. The highest BCUT2D eigenvalue weighted by Crippen LogP contribution is 2.60. The quantitative estimate of drug-likeness (QED) is 0.611. The first-order valence-electron chi connectivity index (χ1n) is 8.33. The van der Waals surface area contributed by atoms with Crippen LogP contribution < -0.4 is 0 Å². The minimum absolute atomic E-state index is 0.125. The van der Waals surface area contributed by atoms with Crippen molar-refractivity contribution in [2.45, 2.75) is 63.6 Å². The van der Waals surface area contributed by atoms with Gasteiger partial charge in [-0.15, -0.1) is 0 Å². The number of carboxylic acid groups (broad SMARTS) is 1. The molecule has 0 aromatic rings. The predicted molar refractivity (Wildman–Crippen MR) is 74.6 cm³/mol. The van der Waals surface area contributed by atoms with Gasteiger partial charge in [0.15, 0.2) is 5.60 Å². The van der Waals surface area contributed by atoms with Crippen LogP contribution in [0, 0.1) is 23.7 Å². The summed E-state index contributed by atoms with van der Waals surface area (Å²) in [6.45, 7) is 3.95. The number of ether oxygens (including phenoxy) is 2. The Labute approximate surface area is 134 Å². The Morgan fingerprint density at radius 2 is 2.04 bits per heavy atom. The van der Waals surface area contributed by atoms with Crippen LogP contribution in [0.3, 0.4) is 0 Å². The fraction of sp³-hybridized carbons (Fsp3) is 0.875. The van der Waals surface area contributed by atoms with Crippen molar-refractivity contribution in [1.29, 1.82) is 0 Å². The molecule has 5 aliphatic rings. The van der Waals surface area contributed by atoms with Gasteiger partial charge in [0.25, 0.3) is 0 Å². The van der Waals surface area contributed by atoms with Crippen LogP contribution in [-0.4, -0.2) is 34.7 Å². The molecule has 0 amide bonds. The summed E-state index contributed by atoms with van der Waals surface area (Å²) in [4.78, 5) is 35.1. The van der Waals surface area contributed by atoms with Crippen LogP contribution in [0.4, 0.5) is 0 Å². The van der Waals surface area contributed by atoms with Crippen molar-refractivity contribution in [3.8, 4) is 0 Å². The molecular formula is C16H22O7. The normalized spacial score (nSPS) is 51.6. The second kappa shape index (κ2) is 4.91. The molecule has 1 spiro atoms. The molecule has 4 saturated heterocycles. The Hall–Kier alpha value is -1.18. The Balaban J connectivity index is 1.79. The van der Waals surface area contributed by atoms with E-state index in [4.69, 9.17) is 19.2 Å². The minimum atomic E-state index is -1.01. The van der Waals surface area contributed by atoms with E-state index in [1.165, 1.54) is 0 Å². The molecule has 23 heavy (non-hydrogen) atoms.